The van der Waals surface area contributed by atoms with Crippen molar-refractivity contribution >= 4 is 11.6 Å². The first-order valence-corrected chi connectivity index (χ1v) is 7.91. The number of rotatable bonds is 6. The molecule has 2 heteroatoms. The Bertz CT molecular complexity index is 592. The average molecular weight is 303 g/mol. The Morgan fingerprint density at radius 3 is 2.57 bits per heavy atom. The molecule has 0 heterocycles. The number of hydrogen-bond acceptors (Lipinski definition) is 1. The van der Waals surface area contributed by atoms with Gasteiger partial charge in [0.1, 0.15) is 5.75 Å². The molecule has 0 aliphatic heterocycles. The number of benzene rings is 2. The van der Waals surface area contributed by atoms with E-state index in [0.717, 1.165) is 18.6 Å². The van der Waals surface area contributed by atoms with Crippen LogP contribution in [0.5, 0.6) is 5.75 Å². The fourth-order valence-corrected chi connectivity index (χ4v) is 2.86. The number of hydrogen-bond donors (Lipinski definition) is 0. The van der Waals surface area contributed by atoms with Crippen LogP contribution in [0.15, 0.2) is 42.5 Å². The molecule has 2 aromatic rings. The lowest BCUT2D eigenvalue weighted by Gasteiger charge is -2.16. The van der Waals surface area contributed by atoms with Crippen LogP contribution >= 0.6 is 11.6 Å². The topological polar surface area (TPSA) is 9.23 Å². The van der Waals surface area contributed by atoms with E-state index in [1.807, 2.05) is 12.1 Å². The lowest BCUT2D eigenvalue weighted by atomic mass is 9.91. The minimum absolute atomic E-state index is 0.444. The van der Waals surface area contributed by atoms with Crippen LogP contribution in [0.4, 0.5) is 0 Å². The van der Waals surface area contributed by atoms with Gasteiger partial charge < -0.3 is 4.74 Å². The van der Waals surface area contributed by atoms with Gasteiger partial charge in [-0.1, -0.05) is 35.9 Å². The summed E-state index contributed by atoms with van der Waals surface area (Å²) in [6.45, 7) is 4.31. The molecule has 0 radical (unpaired) electrons. The second-order valence-electron chi connectivity index (χ2n) is 5.71. The summed E-state index contributed by atoms with van der Waals surface area (Å²) in [6, 6.07) is 14.9. The van der Waals surface area contributed by atoms with Gasteiger partial charge >= 0.3 is 0 Å². The van der Waals surface area contributed by atoms with Crippen LogP contribution in [0.25, 0.3) is 0 Å². The van der Waals surface area contributed by atoms with Gasteiger partial charge in [-0.2, -0.15) is 0 Å². The molecule has 0 aliphatic rings. The summed E-state index contributed by atoms with van der Waals surface area (Å²) < 4.78 is 5.29. The van der Waals surface area contributed by atoms with Crippen molar-refractivity contribution in [2.45, 2.75) is 26.7 Å². The minimum atomic E-state index is 0.444. The first-order chi connectivity index (χ1) is 10.1. The largest absolute Gasteiger partial charge is 0.497 e. The molecule has 0 bridgehead atoms. The maximum absolute atomic E-state index is 6.20. The molecule has 21 heavy (non-hydrogen) atoms. The average Bonchev–Trinajstić information content (AvgIpc) is 2.50. The maximum atomic E-state index is 6.20. The van der Waals surface area contributed by atoms with Crippen molar-refractivity contribution in [3.05, 3.63) is 64.7 Å². The molecular formula is C19H23ClO. The van der Waals surface area contributed by atoms with E-state index in [4.69, 9.17) is 16.3 Å². The zero-order valence-electron chi connectivity index (χ0n) is 13.0. The molecule has 2 rings (SSSR count). The molecule has 0 spiro atoms. The number of methoxy groups -OCH3 is 1. The molecule has 0 aliphatic carbocycles. The lowest BCUT2D eigenvalue weighted by molar-refractivity contribution is 0.414. The Balaban J connectivity index is 2.10. The minimum Gasteiger partial charge on any atom is -0.497 e. The molecule has 1 nitrogen and oxygen atoms in total. The van der Waals surface area contributed by atoms with Crippen molar-refractivity contribution < 1.29 is 4.74 Å². The van der Waals surface area contributed by atoms with E-state index in [-0.39, 0.29) is 0 Å². The van der Waals surface area contributed by atoms with E-state index in [2.05, 4.69) is 44.2 Å². The molecule has 1 unspecified atom stereocenters. The zero-order valence-corrected chi connectivity index (χ0v) is 13.8. The van der Waals surface area contributed by atoms with Crippen LogP contribution < -0.4 is 4.74 Å². The van der Waals surface area contributed by atoms with Crippen LogP contribution in [0.2, 0.25) is 0 Å². The molecule has 2 aromatic carbocycles. The molecule has 0 fully saturated rings. The van der Waals surface area contributed by atoms with Crippen molar-refractivity contribution in [2.24, 2.45) is 5.92 Å². The Morgan fingerprint density at radius 1 is 1.05 bits per heavy atom. The highest BCUT2D eigenvalue weighted by molar-refractivity contribution is 6.18. The van der Waals surface area contributed by atoms with Gasteiger partial charge in [0, 0.05) is 5.88 Å². The molecule has 0 aromatic heterocycles. The van der Waals surface area contributed by atoms with E-state index in [1.165, 1.54) is 22.3 Å². The highest BCUT2D eigenvalue weighted by Gasteiger charge is 2.12. The highest BCUT2D eigenvalue weighted by atomic mass is 35.5. The summed E-state index contributed by atoms with van der Waals surface area (Å²) in [5, 5.41) is 0. The Morgan fingerprint density at radius 2 is 1.86 bits per heavy atom. The predicted octanol–water partition coefficient (Wildman–Crippen LogP) is 4.95. The van der Waals surface area contributed by atoms with Crippen molar-refractivity contribution in [3.8, 4) is 5.75 Å². The second-order valence-corrected chi connectivity index (χ2v) is 6.02. The normalized spacial score (nSPS) is 12.2. The van der Waals surface area contributed by atoms with Gasteiger partial charge in [0.05, 0.1) is 7.11 Å². The molecular weight excluding hydrogens is 280 g/mol. The Labute approximate surface area is 132 Å². The van der Waals surface area contributed by atoms with E-state index in [0.29, 0.717) is 11.8 Å². The van der Waals surface area contributed by atoms with Gasteiger partial charge in [-0.15, -0.1) is 11.6 Å². The summed E-state index contributed by atoms with van der Waals surface area (Å²) in [6.07, 6.45) is 2.00. The van der Waals surface area contributed by atoms with Crippen molar-refractivity contribution in [2.75, 3.05) is 13.0 Å². The molecule has 0 N–H and O–H groups in total. The third-order valence-electron chi connectivity index (χ3n) is 3.89. The van der Waals surface area contributed by atoms with Crippen LogP contribution in [-0.4, -0.2) is 13.0 Å². The standard InChI is InChI=1S/C19H23ClO/c1-14-7-8-15(2)18(9-14)11-17(13-20)10-16-5-4-6-19(12-16)21-3/h4-9,12,17H,10-11,13H2,1-3H3. The first kappa shape index (κ1) is 15.9. The smallest absolute Gasteiger partial charge is 0.119 e. The fourth-order valence-electron chi connectivity index (χ4n) is 2.65. The van der Waals surface area contributed by atoms with Crippen molar-refractivity contribution in [1.82, 2.24) is 0 Å². The molecule has 0 amide bonds. The van der Waals surface area contributed by atoms with Crippen LogP contribution in [0.1, 0.15) is 22.3 Å². The van der Waals surface area contributed by atoms with Gasteiger partial charge in [0.15, 0.2) is 0 Å². The molecule has 112 valence electrons. The van der Waals surface area contributed by atoms with Crippen LogP contribution in [0, 0.1) is 19.8 Å². The van der Waals surface area contributed by atoms with E-state index < -0.39 is 0 Å². The highest BCUT2D eigenvalue weighted by Crippen LogP contribution is 2.21. The molecule has 1 atom stereocenters. The summed E-state index contributed by atoms with van der Waals surface area (Å²) in [5.74, 6) is 2.02. The van der Waals surface area contributed by atoms with Gasteiger partial charge in [-0.05, 0) is 61.4 Å². The third-order valence-corrected chi connectivity index (χ3v) is 4.33. The van der Waals surface area contributed by atoms with Gasteiger partial charge in [0.2, 0.25) is 0 Å². The fraction of sp³-hybridized carbons (Fsp3) is 0.368. The predicted molar refractivity (Wildman–Crippen MR) is 90.5 cm³/mol. The van der Waals surface area contributed by atoms with Gasteiger partial charge in [-0.3, -0.25) is 0 Å². The number of halogens is 1. The maximum Gasteiger partial charge on any atom is 0.119 e. The van der Waals surface area contributed by atoms with E-state index in [1.54, 1.807) is 7.11 Å². The number of ether oxygens (including phenoxy) is 1. The van der Waals surface area contributed by atoms with Crippen molar-refractivity contribution in [3.63, 3.8) is 0 Å². The number of aryl methyl sites for hydroxylation is 2. The Hall–Kier alpha value is -1.47. The lowest BCUT2D eigenvalue weighted by Crippen LogP contribution is -2.11. The van der Waals surface area contributed by atoms with E-state index in [9.17, 15) is 0 Å². The van der Waals surface area contributed by atoms with Gasteiger partial charge in [0.25, 0.3) is 0 Å². The summed E-state index contributed by atoms with van der Waals surface area (Å²) in [5.41, 5.74) is 5.35. The van der Waals surface area contributed by atoms with Crippen molar-refractivity contribution in [1.29, 1.82) is 0 Å². The summed E-state index contributed by atoms with van der Waals surface area (Å²) in [7, 11) is 1.70. The summed E-state index contributed by atoms with van der Waals surface area (Å²) >= 11 is 6.20. The first-order valence-electron chi connectivity index (χ1n) is 7.37. The second kappa shape index (κ2) is 7.51. The van der Waals surface area contributed by atoms with Crippen LogP contribution in [0.3, 0.4) is 0 Å². The molecule has 0 saturated carbocycles. The SMILES string of the molecule is COc1cccc(CC(CCl)Cc2cc(C)ccc2C)c1. The van der Waals surface area contributed by atoms with Crippen LogP contribution in [-0.2, 0) is 12.8 Å². The number of alkyl halides is 1. The zero-order chi connectivity index (χ0) is 15.2. The molecule has 0 saturated heterocycles. The third kappa shape index (κ3) is 4.50. The summed E-state index contributed by atoms with van der Waals surface area (Å²) in [4.78, 5) is 0. The monoisotopic (exact) mass is 302 g/mol. The Kier molecular flexibility index (Phi) is 5.69. The van der Waals surface area contributed by atoms with Gasteiger partial charge in [-0.25, -0.2) is 0 Å². The van der Waals surface area contributed by atoms with E-state index >= 15 is 0 Å². The quantitative estimate of drug-likeness (QED) is 0.686.